The molecule has 4 rings (SSSR count). The lowest BCUT2D eigenvalue weighted by Crippen LogP contribution is -2.31. The van der Waals surface area contributed by atoms with E-state index in [0.717, 1.165) is 43.9 Å². The zero-order valence-corrected chi connectivity index (χ0v) is 14.1. The van der Waals surface area contributed by atoms with E-state index < -0.39 is 0 Å². The van der Waals surface area contributed by atoms with Crippen LogP contribution in [0.1, 0.15) is 30.5 Å². The standard InChI is InChI=1S/C19H24N4O/c1-14-11-17(23(22-14)13-15-5-3-2-4-6-15)21-18(24)16-12-19(16)7-9-20-10-8-19/h2-6,11,16,20H,7-10,12-13H2,1H3,(H,21,24). The molecule has 0 radical (unpaired) electrons. The van der Waals surface area contributed by atoms with Gasteiger partial charge in [-0.3, -0.25) is 4.79 Å². The number of aryl methyl sites for hydroxylation is 1. The van der Waals surface area contributed by atoms with Crippen LogP contribution in [0.15, 0.2) is 36.4 Å². The first-order valence-corrected chi connectivity index (χ1v) is 8.76. The Morgan fingerprint density at radius 3 is 2.83 bits per heavy atom. The van der Waals surface area contributed by atoms with E-state index >= 15 is 0 Å². The second-order valence-corrected chi connectivity index (χ2v) is 7.17. The van der Waals surface area contributed by atoms with Crippen molar-refractivity contribution in [1.82, 2.24) is 15.1 Å². The molecule has 2 heterocycles. The van der Waals surface area contributed by atoms with Gasteiger partial charge in [-0.05, 0) is 50.3 Å². The summed E-state index contributed by atoms with van der Waals surface area (Å²) in [5.74, 6) is 1.13. The maximum Gasteiger partial charge on any atom is 0.229 e. The number of hydrogen-bond acceptors (Lipinski definition) is 3. The second kappa shape index (κ2) is 6.06. The van der Waals surface area contributed by atoms with Gasteiger partial charge in [0, 0.05) is 12.0 Å². The van der Waals surface area contributed by atoms with Gasteiger partial charge in [0.25, 0.3) is 0 Å². The third kappa shape index (κ3) is 2.96. The molecule has 1 amide bonds. The molecule has 5 nitrogen and oxygen atoms in total. The maximum absolute atomic E-state index is 12.7. The van der Waals surface area contributed by atoms with E-state index in [0.29, 0.717) is 6.54 Å². The largest absolute Gasteiger partial charge is 0.317 e. The van der Waals surface area contributed by atoms with Gasteiger partial charge >= 0.3 is 0 Å². The van der Waals surface area contributed by atoms with E-state index in [4.69, 9.17) is 0 Å². The molecule has 5 heteroatoms. The van der Waals surface area contributed by atoms with Crippen LogP contribution < -0.4 is 10.6 Å². The lowest BCUT2D eigenvalue weighted by atomic mass is 9.92. The summed E-state index contributed by atoms with van der Waals surface area (Å²) in [5, 5.41) is 11.0. The molecular formula is C19H24N4O. The van der Waals surface area contributed by atoms with Gasteiger partial charge in [-0.1, -0.05) is 30.3 Å². The van der Waals surface area contributed by atoms with Gasteiger partial charge in [-0.25, -0.2) is 4.68 Å². The van der Waals surface area contributed by atoms with Crippen molar-refractivity contribution in [2.24, 2.45) is 11.3 Å². The fourth-order valence-electron chi connectivity index (χ4n) is 3.93. The topological polar surface area (TPSA) is 59.0 Å². The molecule has 1 spiro atoms. The summed E-state index contributed by atoms with van der Waals surface area (Å²) in [7, 11) is 0. The molecule has 24 heavy (non-hydrogen) atoms. The summed E-state index contributed by atoms with van der Waals surface area (Å²) in [6, 6.07) is 12.2. The van der Waals surface area contributed by atoms with E-state index in [1.54, 1.807) is 0 Å². The van der Waals surface area contributed by atoms with E-state index in [9.17, 15) is 4.79 Å². The minimum absolute atomic E-state index is 0.158. The van der Waals surface area contributed by atoms with Gasteiger partial charge < -0.3 is 10.6 Å². The molecule has 1 aromatic carbocycles. The number of rotatable bonds is 4. The molecule has 1 aliphatic heterocycles. The Morgan fingerprint density at radius 1 is 1.33 bits per heavy atom. The molecule has 1 atom stereocenters. The number of nitrogens with zero attached hydrogens (tertiary/aromatic N) is 2. The third-order valence-electron chi connectivity index (χ3n) is 5.43. The van der Waals surface area contributed by atoms with E-state index in [1.807, 2.05) is 35.9 Å². The smallest absolute Gasteiger partial charge is 0.229 e. The van der Waals surface area contributed by atoms with Crippen LogP contribution in [0.25, 0.3) is 0 Å². The number of nitrogens with one attached hydrogen (secondary N) is 2. The van der Waals surface area contributed by atoms with Crippen molar-refractivity contribution in [3.63, 3.8) is 0 Å². The van der Waals surface area contributed by atoms with Crippen molar-refractivity contribution in [1.29, 1.82) is 0 Å². The van der Waals surface area contributed by atoms with Crippen LogP contribution in [0.4, 0.5) is 5.82 Å². The monoisotopic (exact) mass is 324 g/mol. The fourth-order valence-corrected chi connectivity index (χ4v) is 3.93. The van der Waals surface area contributed by atoms with E-state index in [2.05, 4.69) is 27.9 Å². The molecule has 2 fully saturated rings. The normalized spacial score (nSPS) is 21.6. The van der Waals surface area contributed by atoms with Crippen molar-refractivity contribution in [3.8, 4) is 0 Å². The summed E-state index contributed by atoms with van der Waals surface area (Å²) in [6.45, 7) is 4.70. The predicted octanol–water partition coefficient (Wildman–Crippen LogP) is 2.57. The van der Waals surface area contributed by atoms with E-state index in [-0.39, 0.29) is 17.2 Å². The molecular weight excluding hydrogens is 300 g/mol. The Labute approximate surface area is 142 Å². The first-order chi connectivity index (χ1) is 11.7. The van der Waals surface area contributed by atoms with Gasteiger partial charge in [0.1, 0.15) is 5.82 Å². The zero-order chi connectivity index (χ0) is 16.6. The second-order valence-electron chi connectivity index (χ2n) is 7.17. The number of aromatic nitrogens is 2. The van der Waals surface area contributed by atoms with Crippen LogP contribution in [0, 0.1) is 18.3 Å². The number of amides is 1. The first kappa shape index (κ1) is 15.4. The van der Waals surface area contributed by atoms with Crippen molar-refractivity contribution in [2.45, 2.75) is 32.7 Å². The summed E-state index contributed by atoms with van der Waals surface area (Å²) in [4.78, 5) is 12.7. The highest BCUT2D eigenvalue weighted by Gasteiger charge is 2.57. The molecule has 1 aromatic heterocycles. The Kier molecular flexibility index (Phi) is 3.88. The fraction of sp³-hybridized carbons (Fsp3) is 0.474. The minimum Gasteiger partial charge on any atom is -0.317 e. The molecule has 126 valence electrons. The summed E-state index contributed by atoms with van der Waals surface area (Å²) in [6.07, 6.45) is 3.27. The number of piperidine rings is 1. The van der Waals surface area contributed by atoms with Gasteiger partial charge in [0.15, 0.2) is 0 Å². The summed E-state index contributed by atoms with van der Waals surface area (Å²) < 4.78 is 1.89. The van der Waals surface area contributed by atoms with Crippen LogP contribution >= 0.6 is 0 Å². The van der Waals surface area contributed by atoms with Gasteiger partial charge in [-0.2, -0.15) is 5.10 Å². The Bertz CT molecular complexity index is 731. The van der Waals surface area contributed by atoms with Crippen molar-refractivity contribution >= 4 is 11.7 Å². The van der Waals surface area contributed by atoms with Crippen LogP contribution in [0.5, 0.6) is 0 Å². The van der Waals surface area contributed by atoms with Crippen LogP contribution in [-0.4, -0.2) is 28.8 Å². The number of carbonyl (C=O) groups is 1. The molecule has 1 saturated heterocycles. The molecule has 2 N–H and O–H groups in total. The molecule has 2 aliphatic rings. The van der Waals surface area contributed by atoms with Gasteiger partial charge in [0.2, 0.25) is 5.91 Å². The highest BCUT2D eigenvalue weighted by atomic mass is 16.2. The molecule has 1 aliphatic carbocycles. The maximum atomic E-state index is 12.7. The van der Waals surface area contributed by atoms with Crippen LogP contribution in [0.2, 0.25) is 0 Å². The number of benzene rings is 1. The molecule has 1 saturated carbocycles. The molecule has 2 aromatic rings. The number of anilines is 1. The number of hydrogen-bond donors (Lipinski definition) is 2. The predicted molar refractivity (Wildman–Crippen MR) is 93.8 cm³/mol. The minimum atomic E-state index is 0.158. The Balaban J connectivity index is 1.46. The molecule has 1 unspecified atom stereocenters. The van der Waals surface area contributed by atoms with Crippen LogP contribution in [-0.2, 0) is 11.3 Å². The first-order valence-electron chi connectivity index (χ1n) is 8.76. The van der Waals surface area contributed by atoms with Crippen molar-refractivity contribution < 1.29 is 4.79 Å². The lowest BCUT2D eigenvalue weighted by molar-refractivity contribution is -0.118. The van der Waals surface area contributed by atoms with Crippen LogP contribution in [0.3, 0.4) is 0 Å². The third-order valence-corrected chi connectivity index (χ3v) is 5.43. The molecule has 0 bridgehead atoms. The Morgan fingerprint density at radius 2 is 2.08 bits per heavy atom. The zero-order valence-electron chi connectivity index (χ0n) is 14.1. The lowest BCUT2D eigenvalue weighted by Gasteiger charge is -2.23. The highest BCUT2D eigenvalue weighted by Crippen LogP contribution is 2.58. The Hall–Kier alpha value is -2.14. The van der Waals surface area contributed by atoms with Gasteiger partial charge in [0.05, 0.1) is 12.2 Å². The SMILES string of the molecule is Cc1cc(NC(=O)C2CC23CCNCC3)n(Cc2ccccc2)n1. The quantitative estimate of drug-likeness (QED) is 0.909. The van der Waals surface area contributed by atoms with Crippen molar-refractivity contribution in [3.05, 3.63) is 47.7 Å². The highest BCUT2D eigenvalue weighted by molar-refractivity contribution is 5.94. The summed E-state index contributed by atoms with van der Waals surface area (Å²) in [5.41, 5.74) is 2.36. The number of carbonyl (C=O) groups excluding carboxylic acids is 1. The van der Waals surface area contributed by atoms with E-state index in [1.165, 1.54) is 5.56 Å². The summed E-state index contributed by atoms with van der Waals surface area (Å²) >= 11 is 0. The van der Waals surface area contributed by atoms with Crippen molar-refractivity contribution in [2.75, 3.05) is 18.4 Å². The van der Waals surface area contributed by atoms with Gasteiger partial charge in [-0.15, -0.1) is 0 Å². The average Bonchev–Trinajstić information content (AvgIpc) is 3.17. The average molecular weight is 324 g/mol.